The molecule has 0 aliphatic carbocycles. The number of nitrogens with zero attached hydrogens (tertiary/aromatic N) is 1. The summed E-state index contributed by atoms with van der Waals surface area (Å²) in [5.74, 6) is -1.92. The first-order chi connectivity index (χ1) is 8.99. The molecule has 0 aromatic heterocycles. The fourth-order valence-electron chi connectivity index (χ4n) is 1.79. The molecule has 1 aromatic carbocycles. The van der Waals surface area contributed by atoms with Crippen molar-refractivity contribution < 1.29 is 18.7 Å². The van der Waals surface area contributed by atoms with E-state index >= 15 is 0 Å². The number of esters is 1. The molecule has 1 aromatic rings. The van der Waals surface area contributed by atoms with Gasteiger partial charge in [-0.1, -0.05) is 19.1 Å². The quantitative estimate of drug-likeness (QED) is 0.605. The maximum Gasteiger partial charge on any atom is 0.318 e. The summed E-state index contributed by atoms with van der Waals surface area (Å²) in [5, 5.41) is 0. The topological polar surface area (TPSA) is 46.6 Å². The Morgan fingerprint density at radius 3 is 2.37 bits per heavy atom. The summed E-state index contributed by atoms with van der Waals surface area (Å²) in [4.78, 5) is 25.0. The van der Waals surface area contributed by atoms with Gasteiger partial charge in [0.25, 0.3) is 0 Å². The number of hydrogen-bond acceptors (Lipinski definition) is 3. The van der Waals surface area contributed by atoms with Gasteiger partial charge in [-0.2, -0.15) is 0 Å². The fraction of sp³-hybridized carbons (Fsp3) is 0.429. The smallest absolute Gasteiger partial charge is 0.318 e. The minimum atomic E-state index is -0.782. The number of halogens is 1. The van der Waals surface area contributed by atoms with Crippen LogP contribution in [0, 0.1) is 11.7 Å². The largest absolute Gasteiger partial charge is 0.468 e. The number of ether oxygens (including phenoxy) is 1. The molecule has 0 fully saturated rings. The standard InChI is InChI=1S/C14H18FNO3/c1-4-12(14(18)19-3)13(17)16(2)9-10-5-7-11(15)8-6-10/h5-8,12H,4,9H2,1-3H3. The third-order valence-electron chi connectivity index (χ3n) is 2.90. The molecule has 1 atom stereocenters. The van der Waals surface area contributed by atoms with E-state index in [4.69, 9.17) is 0 Å². The molecule has 1 amide bonds. The van der Waals surface area contributed by atoms with Crippen molar-refractivity contribution in [2.75, 3.05) is 14.2 Å². The van der Waals surface area contributed by atoms with Crippen molar-refractivity contribution in [3.8, 4) is 0 Å². The van der Waals surface area contributed by atoms with Crippen LogP contribution in [0.3, 0.4) is 0 Å². The molecule has 1 unspecified atom stereocenters. The second-order valence-corrected chi connectivity index (χ2v) is 4.30. The second-order valence-electron chi connectivity index (χ2n) is 4.30. The zero-order chi connectivity index (χ0) is 14.4. The molecule has 0 spiro atoms. The molecule has 104 valence electrons. The molecule has 0 N–H and O–H groups in total. The van der Waals surface area contributed by atoms with E-state index in [-0.39, 0.29) is 11.7 Å². The summed E-state index contributed by atoms with van der Waals surface area (Å²) >= 11 is 0. The van der Waals surface area contributed by atoms with Gasteiger partial charge in [-0.25, -0.2) is 4.39 Å². The first-order valence-corrected chi connectivity index (χ1v) is 6.06. The lowest BCUT2D eigenvalue weighted by Gasteiger charge is -2.21. The van der Waals surface area contributed by atoms with Gasteiger partial charge in [0.05, 0.1) is 7.11 Å². The lowest BCUT2D eigenvalue weighted by molar-refractivity contribution is -0.153. The zero-order valence-electron chi connectivity index (χ0n) is 11.4. The van der Waals surface area contributed by atoms with E-state index in [0.29, 0.717) is 13.0 Å². The zero-order valence-corrected chi connectivity index (χ0v) is 11.4. The Kier molecular flexibility index (Phi) is 5.48. The highest BCUT2D eigenvalue weighted by Crippen LogP contribution is 2.12. The SMILES string of the molecule is CCC(C(=O)OC)C(=O)N(C)Cc1ccc(F)cc1. The average molecular weight is 267 g/mol. The normalized spacial score (nSPS) is 11.8. The number of methoxy groups -OCH3 is 1. The van der Waals surface area contributed by atoms with E-state index in [0.717, 1.165) is 5.56 Å². The van der Waals surface area contributed by atoms with Crippen molar-refractivity contribution in [1.29, 1.82) is 0 Å². The van der Waals surface area contributed by atoms with Crippen molar-refractivity contribution >= 4 is 11.9 Å². The Labute approximate surface area is 112 Å². The maximum absolute atomic E-state index is 12.8. The maximum atomic E-state index is 12.8. The van der Waals surface area contributed by atoms with E-state index in [9.17, 15) is 14.0 Å². The minimum Gasteiger partial charge on any atom is -0.468 e. The van der Waals surface area contributed by atoms with E-state index in [1.165, 1.54) is 24.1 Å². The van der Waals surface area contributed by atoms with Crippen LogP contribution in [0.4, 0.5) is 4.39 Å². The van der Waals surface area contributed by atoms with Crippen molar-refractivity contribution in [2.45, 2.75) is 19.9 Å². The molecule has 0 saturated carbocycles. The second kappa shape index (κ2) is 6.87. The van der Waals surface area contributed by atoms with Crippen LogP contribution in [0.15, 0.2) is 24.3 Å². The number of hydrogen-bond donors (Lipinski definition) is 0. The van der Waals surface area contributed by atoms with Crippen molar-refractivity contribution in [2.24, 2.45) is 5.92 Å². The fourth-order valence-corrected chi connectivity index (χ4v) is 1.79. The van der Waals surface area contributed by atoms with Crippen LogP contribution < -0.4 is 0 Å². The lowest BCUT2D eigenvalue weighted by Crippen LogP contribution is -2.36. The van der Waals surface area contributed by atoms with Gasteiger partial charge in [-0.05, 0) is 24.1 Å². The van der Waals surface area contributed by atoms with Crippen molar-refractivity contribution in [1.82, 2.24) is 4.90 Å². The van der Waals surface area contributed by atoms with Crippen LogP contribution in [0.2, 0.25) is 0 Å². The molecular weight excluding hydrogens is 249 g/mol. The number of amides is 1. The lowest BCUT2D eigenvalue weighted by atomic mass is 10.1. The average Bonchev–Trinajstić information content (AvgIpc) is 2.41. The van der Waals surface area contributed by atoms with Crippen molar-refractivity contribution in [3.63, 3.8) is 0 Å². The highest BCUT2D eigenvalue weighted by Gasteiger charge is 2.28. The van der Waals surface area contributed by atoms with E-state index in [1.807, 2.05) is 0 Å². The van der Waals surface area contributed by atoms with Crippen LogP contribution in [-0.2, 0) is 20.9 Å². The molecule has 0 aliphatic heterocycles. The third-order valence-corrected chi connectivity index (χ3v) is 2.90. The summed E-state index contributed by atoms with van der Waals surface area (Å²) in [5.41, 5.74) is 0.803. The monoisotopic (exact) mass is 267 g/mol. The Bertz CT molecular complexity index is 445. The van der Waals surface area contributed by atoms with Gasteiger partial charge in [0, 0.05) is 13.6 Å². The minimum absolute atomic E-state index is 0.293. The molecule has 0 aliphatic rings. The number of benzene rings is 1. The highest BCUT2D eigenvalue weighted by molar-refractivity contribution is 5.97. The van der Waals surface area contributed by atoms with Crippen molar-refractivity contribution in [3.05, 3.63) is 35.6 Å². The van der Waals surface area contributed by atoms with Crippen LogP contribution in [0.1, 0.15) is 18.9 Å². The molecule has 1 rings (SSSR count). The van der Waals surface area contributed by atoms with E-state index < -0.39 is 11.9 Å². The number of carbonyl (C=O) groups is 2. The Morgan fingerprint density at radius 2 is 1.89 bits per heavy atom. The first-order valence-electron chi connectivity index (χ1n) is 6.06. The predicted octanol–water partition coefficient (Wildman–Crippen LogP) is 1.98. The molecule has 0 heterocycles. The van der Waals surface area contributed by atoms with Crippen LogP contribution in [0.5, 0.6) is 0 Å². The van der Waals surface area contributed by atoms with Crippen LogP contribution in [-0.4, -0.2) is 30.9 Å². The number of rotatable bonds is 5. The summed E-state index contributed by atoms with van der Waals surface area (Å²) in [6.07, 6.45) is 0.388. The number of carbonyl (C=O) groups excluding carboxylic acids is 2. The molecule has 0 radical (unpaired) electrons. The van der Waals surface area contributed by atoms with E-state index in [1.54, 1.807) is 26.1 Å². The van der Waals surface area contributed by atoms with E-state index in [2.05, 4.69) is 4.74 Å². The Hall–Kier alpha value is -1.91. The van der Waals surface area contributed by atoms with Crippen LogP contribution in [0.25, 0.3) is 0 Å². The summed E-state index contributed by atoms with van der Waals surface area (Å²) in [6, 6.07) is 5.90. The Morgan fingerprint density at radius 1 is 1.32 bits per heavy atom. The molecule has 5 heteroatoms. The summed E-state index contributed by atoms with van der Waals surface area (Å²) < 4.78 is 17.4. The van der Waals surface area contributed by atoms with Gasteiger partial charge in [0.1, 0.15) is 11.7 Å². The molecule has 0 saturated heterocycles. The summed E-state index contributed by atoms with van der Waals surface area (Å²) in [7, 11) is 2.87. The molecule has 0 bridgehead atoms. The van der Waals surface area contributed by atoms with Crippen LogP contribution >= 0.6 is 0 Å². The van der Waals surface area contributed by atoms with Gasteiger partial charge in [0.15, 0.2) is 0 Å². The van der Waals surface area contributed by atoms with Gasteiger partial charge in [-0.15, -0.1) is 0 Å². The predicted molar refractivity (Wildman–Crippen MR) is 68.7 cm³/mol. The summed E-state index contributed by atoms with van der Waals surface area (Å²) in [6.45, 7) is 2.08. The van der Waals surface area contributed by atoms with Gasteiger partial charge >= 0.3 is 5.97 Å². The third kappa shape index (κ3) is 4.05. The Balaban J connectivity index is 2.71. The van der Waals surface area contributed by atoms with Gasteiger partial charge in [-0.3, -0.25) is 9.59 Å². The highest BCUT2D eigenvalue weighted by atomic mass is 19.1. The van der Waals surface area contributed by atoms with Gasteiger partial charge in [0.2, 0.25) is 5.91 Å². The molecule has 4 nitrogen and oxygen atoms in total. The van der Waals surface area contributed by atoms with Gasteiger partial charge < -0.3 is 9.64 Å². The molecular formula is C14H18FNO3. The first kappa shape index (κ1) is 15.1. The molecule has 19 heavy (non-hydrogen) atoms.